The summed E-state index contributed by atoms with van der Waals surface area (Å²) in [5, 5.41) is 10.6. The summed E-state index contributed by atoms with van der Waals surface area (Å²) in [5.41, 5.74) is 9.12. The molecule has 5 aromatic rings. The lowest BCUT2D eigenvalue weighted by atomic mass is 9.99. The van der Waals surface area contributed by atoms with Crippen LogP contribution in [0.25, 0.3) is 33.5 Å². The molecule has 0 amide bonds. The Morgan fingerprint density at radius 2 is 1.48 bits per heavy atom. The fraction of sp³-hybridized carbons (Fsp3) is 0.111. The highest BCUT2D eigenvalue weighted by molar-refractivity contribution is 7.99. The molecule has 0 saturated heterocycles. The zero-order chi connectivity index (χ0) is 28.9. The van der Waals surface area contributed by atoms with Gasteiger partial charge in [0.1, 0.15) is 11.1 Å². The molecule has 0 aliphatic heterocycles. The van der Waals surface area contributed by atoms with E-state index in [9.17, 15) is 14.9 Å². The van der Waals surface area contributed by atoms with Crippen LogP contribution in [0.4, 0.5) is 0 Å². The third kappa shape index (κ3) is 5.74. The van der Waals surface area contributed by atoms with Crippen LogP contribution in [0.5, 0.6) is 0 Å². The maximum absolute atomic E-state index is 12.8. The topological polar surface area (TPSA) is 80.1 Å². The molecule has 1 aliphatic carbocycles. The average Bonchev–Trinajstić information content (AvgIpc) is 3.42. The number of thioether (sulfide) groups is 1. The quantitative estimate of drug-likeness (QED) is 0.101. The van der Waals surface area contributed by atoms with Crippen LogP contribution in [-0.4, -0.2) is 29.1 Å². The standard InChI is InChI=1S/C36H26N2O3S/c37-22-32-31(24-9-3-1-4-10-24)21-33(25-11-5-2-6-12-25)38-36(32)42-18-17-35(40)41-23-34(39)27-15-16-30-28(20-27)19-26-13-7-8-14-29(26)30/h1-16,20-21H,17-19,23H2. The van der Waals surface area contributed by atoms with E-state index in [1.165, 1.54) is 22.9 Å². The van der Waals surface area contributed by atoms with Crippen molar-refractivity contribution in [2.75, 3.05) is 12.4 Å². The van der Waals surface area contributed by atoms with Crippen LogP contribution in [0.2, 0.25) is 0 Å². The highest BCUT2D eigenvalue weighted by Crippen LogP contribution is 2.37. The Balaban J connectivity index is 1.11. The molecular formula is C36H26N2O3S. The number of fused-ring (bicyclic) bond motifs is 3. The molecule has 0 saturated carbocycles. The van der Waals surface area contributed by atoms with Crippen LogP contribution in [0.15, 0.2) is 114 Å². The first-order chi connectivity index (χ1) is 20.6. The molecule has 4 aromatic carbocycles. The first kappa shape index (κ1) is 27.2. The van der Waals surface area contributed by atoms with Gasteiger partial charge >= 0.3 is 5.97 Å². The van der Waals surface area contributed by atoms with Crippen LogP contribution in [0.1, 0.15) is 33.5 Å². The second-order valence-electron chi connectivity index (χ2n) is 9.97. The van der Waals surface area contributed by atoms with Gasteiger partial charge in [0.25, 0.3) is 0 Å². The number of aromatic nitrogens is 1. The molecular weight excluding hydrogens is 540 g/mol. The molecule has 6 heteroatoms. The van der Waals surface area contributed by atoms with E-state index < -0.39 is 5.97 Å². The number of ketones is 1. The van der Waals surface area contributed by atoms with Crippen molar-refractivity contribution in [2.24, 2.45) is 0 Å². The molecule has 0 bridgehead atoms. The highest BCUT2D eigenvalue weighted by atomic mass is 32.2. The molecule has 1 heterocycles. The van der Waals surface area contributed by atoms with E-state index in [-0.39, 0.29) is 18.8 Å². The molecule has 5 nitrogen and oxygen atoms in total. The van der Waals surface area contributed by atoms with E-state index in [1.54, 1.807) is 6.07 Å². The SMILES string of the molecule is N#Cc1c(-c2ccccc2)cc(-c2ccccc2)nc1SCCC(=O)OCC(=O)c1ccc2c(c1)Cc1ccccc1-2. The van der Waals surface area contributed by atoms with Crippen molar-refractivity contribution in [1.82, 2.24) is 4.98 Å². The van der Waals surface area contributed by atoms with Crippen LogP contribution in [0, 0.1) is 11.3 Å². The van der Waals surface area contributed by atoms with Crippen LogP contribution in [0.3, 0.4) is 0 Å². The molecule has 0 unspecified atom stereocenters. The van der Waals surface area contributed by atoms with Crippen molar-refractivity contribution < 1.29 is 14.3 Å². The average molecular weight is 567 g/mol. The molecule has 0 atom stereocenters. The molecule has 1 aliphatic rings. The molecule has 1 aromatic heterocycles. The number of ether oxygens (including phenoxy) is 1. The molecule has 0 spiro atoms. The summed E-state index contributed by atoms with van der Waals surface area (Å²) in [6, 6.07) is 37.7. The minimum absolute atomic E-state index is 0.0836. The maximum atomic E-state index is 12.8. The summed E-state index contributed by atoms with van der Waals surface area (Å²) in [5.74, 6) is -0.338. The molecule has 0 radical (unpaired) electrons. The van der Waals surface area contributed by atoms with Crippen LogP contribution >= 0.6 is 11.8 Å². The highest BCUT2D eigenvalue weighted by Gasteiger charge is 2.20. The summed E-state index contributed by atoms with van der Waals surface area (Å²) >= 11 is 1.34. The summed E-state index contributed by atoms with van der Waals surface area (Å²) in [7, 11) is 0. The Labute approximate surface area is 248 Å². The Bertz CT molecular complexity index is 1830. The Kier molecular flexibility index (Phi) is 7.94. The van der Waals surface area contributed by atoms with Crippen molar-refractivity contribution >= 4 is 23.5 Å². The second kappa shape index (κ2) is 12.3. The van der Waals surface area contributed by atoms with Crippen molar-refractivity contribution in [3.63, 3.8) is 0 Å². The third-order valence-corrected chi connectivity index (χ3v) is 8.25. The summed E-state index contributed by atoms with van der Waals surface area (Å²) in [6.45, 7) is -0.307. The van der Waals surface area contributed by atoms with Gasteiger partial charge in [0.15, 0.2) is 12.4 Å². The van der Waals surface area contributed by atoms with Gasteiger partial charge in [0, 0.05) is 22.4 Å². The fourth-order valence-electron chi connectivity index (χ4n) is 5.19. The lowest BCUT2D eigenvalue weighted by Crippen LogP contribution is -2.14. The van der Waals surface area contributed by atoms with Gasteiger partial charge in [-0.25, -0.2) is 4.98 Å². The number of carbonyl (C=O) groups excluding carboxylic acids is 2. The van der Waals surface area contributed by atoms with Gasteiger partial charge in [-0.3, -0.25) is 9.59 Å². The van der Waals surface area contributed by atoms with Crippen molar-refractivity contribution in [3.8, 4) is 39.6 Å². The minimum atomic E-state index is -0.467. The number of nitrogens with zero attached hydrogens (tertiary/aromatic N) is 2. The van der Waals surface area contributed by atoms with Crippen LogP contribution < -0.4 is 0 Å². The zero-order valence-electron chi connectivity index (χ0n) is 22.7. The van der Waals surface area contributed by atoms with Crippen molar-refractivity contribution in [2.45, 2.75) is 17.9 Å². The Morgan fingerprint density at radius 1 is 0.786 bits per heavy atom. The van der Waals surface area contributed by atoms with E-state index in [4.69, 9.17) is 9.72 Å². The second-order valence-corrected chi connectivity index (χ2v) is 11.1. The first-order valence-corrected chi connectivity index (χ1v) is 14.7. The number of rotatable bonds is 9. The smallest absolute Gasteiger partial charge is 0.307 e. The van der Waals surface area contributed by atoms with E-state index in [0.717, 1.165) is 39.9 Å². The van der Waals surface area contributed by atoms with Gasteiger partial charge in [-0.1, -0.05) is 97.1 Å². The van der Waals surface area contributed by atoms with E-state index in [1.807, 2.05) is 91.0 Å². The number of hydrogen-bond acceptors (Lipinski definition) is 6. The number of benzene rings is 4. The lowest BCUT2D eigenvalue weighted by molar-refractivity contribution is -0.141. The third-order valence-electron chi connectivity index (χ3n) is 7.28. The molecule has 204 valence electrons. The lowest BCUT2D eigenvalue weighted by Gasteiger charge is -2.12. The fourth-order valence-corrected chi connectivity index (χ4v) is 6.11. The number of carbonyl (C=O) groups is 2. The predicted octanol–water partition coefficient (Wildman–Crippen LogP) is 7.77. The number of esters is 1. The summed E-state index contributed by atoms with van der Waals surface area (Å²) in [4.78, 5) is 30.2. The van der Waals surface area contributed by atoms with E-state index >= 15 is 0 Å². The number of nitriles is 1. The minimum Gasteiger partial charge on any atom is -0.457 e. The van der Waals surface area contributed by atoms with Gasteiger partial charge in [-0.05, 0) is 46.4 Å². The maximum Gasteiger partial charge on any atom is 0.307 e. The van der Waals surface area contributed by atoms with Crippen LogP contribution in [-0.2, 0) is 16.0 Å². The summed E-state index contributed by atoms with van der Waals surface area (Å²) in [6.07, 6.45) is 0.875. The van der Waals surface area contributed by atoms with Gasteiger partial charge in [-0.2, -0.15) is 5.26 Å². The predicted molar refractivity (Wildman–Crippen MR) is 165 cm³/mol. The monoisotopic (exact) mass is 566 g/mol. The molecule has 6 rings (SSSR count). The molecule has 0 fully saturated rings. The number of Topliss-reactive ketones (excluding diaryl/α,β-unsaturated/α-hetero) is 1. The van der Waals surface area contributed by atoms with Gasteiger partial charge < -0.3 is 4.74 Å². The Morgan fingerprint density at radius 3 is 2.24 bits per heavy atom. The van der Waals surface area contributed by atoms with Crippen molar-refractivity contribution in [3.05, 3.63) is 131 Å². The summed E-state index contributed by atoms with van der Waals surface area (Å²) < 4.78 is 5.33. The van der Waals surface area contributed by atoms with Gasteiger partial charge in [0.2, 0.25) is 0 Å². The van der Waals surface area contributed by atoms with Crippen molar-refractivity contribution in [1.29, 1.82) is 5.26 Å². The number of pyridine rings is 1. The largest absolute Gasteiger partial charge is 0.457 e. The normalized spacial score (nSPS) is 11.3. The van der Waals surface area contributed by atoms with Gasteiger partial charge in [-0.15, -0.1) is 11.8 Å². The van der Waals surface area contributed by atoms with E-state index in [0.29, 0.717) is 21.9 Å². The molecule has 0 N–H and O–H groups in total. The van der Waals surface area contributed by atoms with E-state index in [2.05, 4.69) is 18.2 Å². The zero-order valence-corrected chi connectivity index (χ0v) is 23.6. The Hall–Kier alpha value is -4.99. The number of hydrogen-bond donors (Lipinski definition) is 0. The first-order valence-electron chi connectivity index (χ1n) is 13.7. The van der Waals surface area contributed by atoms with Gasteiger partial charge in [0.05, 0.1) is 17.7 Å². The molecule has 42 heavy (non-hydrogen) atoms.